The number of hydrogen-bond donors (Lipinski definition) is 1. The van der Waals surface area contributed by atoms with Crippen molar-refractivity contribution in [3.8, 4) is 0 Å². The van der Waals surface area contributed by atoms with Gasteiger partial charge in [0, 0.05) is 6.04 Å². The molecule has 1 aromatic heterocycles. The fourth-order valence-corrected chi connectivity index (χ4v) is 2.31. The summed E-state index contributed by atoms with van der Waals surface area (Å²) in [4.78, 5) is 30.0. The molecule has 1 atom stereocenters. The van der Waals surface area contributed by atoms with Crippen LogP contribution in [0.5, 0.6) is 0 Å². The summed E-state index contributed by atoms with van der Waals surface area (Å²) in [5, 5.41) is 2.92. The van der Waals surface area contributed by atoms with Crippen LogP contribution in [0.4, 0.5) is 0 Å². The van der Waals surface area contributed by atoms with Crippen molar-refractivity contribution in [2.75, 3.05) is 26.7 Å². The predicted octanol–water partition coefficient (Wildman–Crippen LogP) is 2.11. The number of esters is 1. The van der Waals surface area contributed by atoms with Crippen molar-refractivity contribution in [3.63, 3.8) is 0 Å². The van der Waals surface area contributed by atoms with Gasteiger partial charge in [-0.15, -0.1) is 0 Å². The molecular weight excluding hydrogens is 294 g/mol. The topological polar surface area (TPSA) is 71.5 Å². The first-order valence-corrected chi connectivity index (χ1v) is 8.10. The number of nitrogens with one attached hydrogen (secondary N) is 1. The number of rotatable bonds is 9. The van der Waals surface area contributed by atoms with Crippen LogP contribution in [0.1, 0.15) is 54.6 Å². The van der Waals surface area contributed by atoms with E-state index in [1.165, 1.54) is 13.2 Å². The molecule has 0 aliphatic heterocycles. The summed E-state index contributed by atoms with van der Waals surface area (Å²) in [6, 6.07) is 4.79. The number of aromatic nitrogens is 1. The van der Waals surface area contributed by atoms with Crippen LogP contribution in [0.3, 0.4) is 0 Å². The molecule has 0 bridgehead atoms. The average molecular weight is 321 g/mol. The van der Waals surface area contributed by atoms with Gasteiger partial charge in [0.1, 0.15) is 11.4 Å². The van der Waals surface area contributed by atoms with Crippen molar-refractivity contribution in [2.24, 2.45) is 0 Å². The molecule has 128 valence electrons. The molecule has 6 heteroatoms. The zero-order valence-corrected chi connectivity index (χ0v) is 14.5. The van der Waals surface area contributed by atoms with E-state index in [-0.39, 0.29) is 23.3 Å². The molecule has 0 spiro atoms. The third-order valence-electron chi connectivity index (χ3n) is 3.76. The number of methoxy groups -OCH3 is 1. The monoisotopic (exact) mass is 321 g/mol. The highest BCUT2D eigenvalue weighted by Gasteiger charge is 2.14. The van der Waals surface area contributed by atoms with Crippen molar-refractivity contribution in [2.45, 2.75) is 39.7 Å². The lowest BCUT2D eigenvalue weighted by Crippen LogP contribution is -2.34. The van der Waals surface area contributed by atoms with E-state index in [1.54, 1.807) is 12.1 Å². The van der Waals surface area contributed by atoms with E-state index in [9.17, 15) is 9.59 Å². The van der Waals surface area contributed by atoms with Crippen LogP contribution in [0, 0.1) is 0 Å². The first kappa shape index (κ1) is 19.1. The maximum absolute atomic E-state index is 12.2. The highest BCUT2D eigenvalue weighted by atomic mass is 16.5. The Hall–Kier alpha value is -1.95. The van der Waals surface area contributed by atoms with E-state index in [1.807, 2.05) is 6.92 Å². The van der Waals surface area contributed by atoms with Gasteiger partial charge in [0.25, 0.3) is 5.91 Å². The molecule has 0 unspecified atom stereocenters. The molecule has 0 saturated carbocycles. The molecule has 23 heavy (non-hydrogen) atoms. The fraction of sp³-hybridized carbons (Fsp3) is 0.588. The zero-order valence-electron chi connectivity index (χ0n) is 14.5. The van der Waals surface area contributed by atoms with E-state index in [0.29, 0.717) is 0 Å². The molecule has 1 aromatic rings. The third kappa shape index (κ3) is 6.36. The van der Waals surface area contributed by atoms with Gasteiger partial charge in [-0.2, -0.15) is 0 Å². The Kier molecular flexibility index (Phi) is 8.26. The highest BCUT2D eigenvalue weighted by molar-refractivity contribution is 5.94. The number of carbonyl (C=O) groups is 2. The van der Waals surface area contributed by atoms with E-state index >= 15 is 0 Å². The Morgan fingerprint density at radius 2 is 1.91 bits per heavy atom. The first-order valence-electron chi connectivity index (χ1n) is 8.10. The average Bonchev–Trinajstić information content (AvgIpc) is 2.58. The van der Waals surface area contributed by atoms with Crippen LogP contribution in [-0.4, -0.2) is 54.5 Å². The Balaban J connectivity index is 2.50. The second kappa shape index (κ2) is 9.94. The molecule has 0 aliphatic carbocycles. The summed E-state index contributed by atoms with van der Waals surface area (Å²) in [5.41, 5.74) is 0.359. The smallest absolute Gasteiger partial charge is 0.356 e. The molecule has 0 radical (unpaired) electrons. The molecule has 1 rings (SSSR count). The number of amides is 1. The molecule has 0 fully saturated rings. The number of nitrogens with zero attached hydrogens (tertiary/aromatic N) is 2. The van der Waals surface area contributed by atoms with Crippen molar-refractivity contribution in [1.29, 1.82) is 0 Å². The SMILES string of the molecule is CCN(CC)CCC[C@@H](C)NC(=O)c1cccc(C(=O)OC)n1. The van der Waals surface area contributed by atoms with Gasteiger partial charge in [-0.25, -0.2) is 9.78 Å². The van der Waals surface area contributed by atoms with Crippen LogP contribution < -0.4 is 5.32 Å². The summed E-state index contributed by atoms with van der Waals surface area (Å²) in [5.74, 6) is -0.821. The number of ether oxygens (including phenoxy) is 1. The minimum atomic E-state index is -0.549. The molecule has 6 nitrogen and oxygen atoms in total. The van der Waals surface area contributed by atoms with Gasteiger partial charge in [-0.3, -0.25) is 4.79 Å². The molecule has 0 saturated heterocycles. The van der Waals surface area contributed by atoms with Gasteiger partial charge in [0.15, 0.2) is 0 Å². The lowest BCUT2D eigenvalue weighted by Gasteiger charge is -2.19. The normalized spacial score (nSPS) is 12.0. The molecule has 0 aromatic carbocycles. The highest BCUT2D eigenvalue weighted by Crippen LogP contribution is 2.04. The van der Waals surface area contributed by atoms with Crippen LogP contribution in [0.2, 0.25) is 0 Å². The van der Waals surface area contributed by atoms with E-state index in [2.05, 4.69) is 33.8 Å². The number of carbonyl (C=O) groups excluding carboxylic acids is 2. The van der Waals surface area contributed by atoms with E-state index < -0.39 is 5.97 Å². The quantitative estimate of drug-likeness (QED) is 0.705. The summed E-state index contributed by atoms with van der Waals surface area (Å²) in [6.45, 7) is 9.39. The van der Waals surface area contributed by atoms with Gasteiger partial charge in [-0.05, 0) is 51.5 Å². The summed E-state index contributed by atoms with van der Waals surface area (Å²) in [7, 11) is 1.29. The van der Waals surface area contributed by atoms with Gasteiger partial charge in [-0.1, -0.05) is 19.9 Å². The maximum Gasteiger partial charge on any atom is 0.356 e. The van der Waals surface area contributed by atoms with E-state index in [4.69, 9.17) is 0 Å². The summed E-state index contributed by atoms with van der Waals surface area (Å²) in [6.07, 6.45) is 1.93. The first-order chi connectivity index (χ1) is 11.0. The van der Waals surface area contributed by atoms with Gasteiger partial charge >= 0.3 is 5.97 Å². The zero-order chi connectivity index (χ0) is 17.2. The molecule has 0 aliphatic rings. The molecule has 1 N–H and O–H groups in total. The van der Waals surface area contributed by atoms with Gasteiger partial charge in [0.2, 0.25) is 0 Å². The fourth-order valence-electron chi connectivity index (χ4n) is 2.31. The van der Waals surface area contributed by atoms with Crippen molar-refractivity contribution < 1.29 is 14.3 Å². The summed E-state index contributed by atoms with van der Waals surface area (Å²) < 4.78 is 4.61. The third-order valence-corrected chi connectivity index (χ3v) is 3.76. The Morgan fingerprint density at radius 1 is 1.26 bits per heavy atom. The number of hydrogen-bond acceptors (Lipinski definition) is 5. The minimum Gasteiger partial charge on any atom is -0.464 e. The van der Waals surface area contributed by atoms with Gasteiger partial charge < -0.3 is 15.0 Å². The molecule has 1 amide bonds. The van der Waals surface area contributed by atoms with Crippen molar-refractivity contribution in [3.05, 3.63) is 29.6 Å². The molecule has 1 heterocycles. The van der Waals surface area contributed by atoms with Crippen LogP contribution >= 0.6 is 0 Å². The summed E-state index contributed by atoms with van der Waals surface area (Å²) >= 11 is 0. The molecular formula is C17H27N3O3. The minimum absolute atomic E-state index is 0.0571. The maximum atomic E-state index is 12.2. The number of pyridine rings is 1. The van der Waals surface area contributed by atoms with Gasteiger partial charge in [0.05, 0.1) is 7.11 Å². The Morgan fingerprint density at radius 3 is 2.52 bits per heavy atom. The van der Waals surface area contributed by atoms with Crippen molar-refractivity contribution in [1.82, 2.24) is 15.2 Å². The second-order valence-electron chi connectivity index (χ2n) is 5.44. The Bertz CT molecular complexity index is 516. The second-order valence-corrected chi connectivity index (χ2v) is 5.44. The largest absolute Gasteiger partial charge is 0.464 e. The van der Waals surface area contributed by atoms with Crippen LogP contribution in [0.15, 0.2) is 18.2 Å². The van der Waals surface area contributed by atoms with E-state index in [0.717, 1.165) is 32.5 Å². The Labute approximate surface area is 138 Å². The predicted molar refractivity (Wildman–Crippen MR) is 89.5 cm³/mol. The lowest BCUT2D eigenvalue weighted by atomic mass is 10.1. The standard InChI is InChI=1S/C17H27N3O3/c1-5-20(6-2)12-8-9-13(3)18-16(21)14-10-7-11-15(19-14)17(22)23-4/h7,10-11,13H,5-6,8-9,12H2,1-4H3,(H,18,21)/t13-/m1/s1. The van der Waals surface area contributed by atoms with Crippen molar-refractivity contribution >= 4 is 11.9 Å². The van der Waals surface area contributed by atoms with Crippen LogP contribution in [-0.2, 0) is 4.74 Å². The van der Waals surface area contributed by atoms with Crippen LogP contribution in [0.25, 0.3) is 0 Å². The lowest BCUT2D eigenvalue weighted by molar-refractivity contribution is 0.0594.